The SMILES string of the molecule is CCCCc1nc2c(N)nc3ccccc3c2n1CC(C)(C)OC(=O)OCCC(C)(C)OCC(C)(C)NC(=O)CCC(NC(=O)c1ccc(/N=C/c2cnc3nc(N)[nH]c(=O)c3n2)cc1)C(=O)O. The van der Waals surface area contributed by atoms with Crippen LogP contribution in [0.2, 0.25) is 0 Å². The summed E-state index contributed by atoms with van der Waals surface area (Å²) in [7, 11) is 0. The molecule has 0 spiro atoms. The average molecular weight is 935 g/mol. The van der Waals surface area contributed by atoms with Crippen molar-refractivity contribution in [3.8, 4) is 0 Å². The zero-order chi connectivity index (χ0) is 49.4. The Labute approximate surface area is 391 Å². The minimum absolute atomic E-state index is 0.00141. The van der Waals surface area contributed by atoms with Gasteiger partial charge in [-0.2, -0.15) is 4.98 Å². The van der Waals surface area contributed by atoms with E-state index >= 15 is 0 Å². The number of pyridine rings is 1. The lowest BCUT2D eigenvalue weighted by Gasteiger charge is -2.33. The molecule has 0 aliphatic rings. The van der Waals surface area contributed by atoms with E-state index in [9.17, 15) is 29.1 Å². The Bertz CT molecular complexity index is 2910. The van der Waals surface area contributed by atoms with Crippen LogP contribution >= 0.6 is 0 Å². The van der Waals surface area contributed by atoms with Crippen LogP contribution in [0.5, 0.6) is 0 Å². The molecule has 0 saturated heterocycles. The number of amides is 2. The summed E-state index contributed by atoms with van der Waals surface area (Å²) >= 11 is 0. The van der Waals surface area contributed by atoms with Gasteiger partial charge in [0, 0.05) is 30.2 Å². The number of carbonyl (C=O) groups is 4. The Morgan fingerprint density at radius 3 is 2.41 bits per heavy atom. The number of aliphatic imine (C=N–C) groups is 1. The first-order chi connectivity index (χ1) is 32.1. The van der Waals surface area contributed by atoms with E-state index in [1.807, 2.05) is 52.0 Å². The fraction of sp³-hybridized carbons (Fsp3) is 0.426. The number of benzene rings is 2. The first-order valence-corrected chi connectivity index (χ1v) is 22.2. The van der Waals surface area contributed by atoms with Gasteiger partial charge >= 0.3 is 12.1 Å². The van der Waals surface area contributed by atoms with Crippen molar-refractivity contribution in [2.45, 2.75) is 116 Å². The molecule has 21 heteroatoms. The summed E-state index contributed by atoms with van der Waals surface area (Å²) < 4.78 is 19.6. The van der Waals surface area contributed by atoms with Gasteiger partial charge in [0.15, 0.2) is 17.0 Å². The predicted octanol–water partition coefficient (Wildman–Crippen LogP) is 5.54. The normalized spacial score (nSPS) is 12.7. The second kappa shape index (κ2) is 21.0. The van der Waals surface area contributed by atoms with Gasteiger partial charge in [0.1, 0.15) is 28.7 Å². The number of carboxylic acid groups (broad SMARTS) is 1. The Morgan fingerprint density at radius 1 is 0.956 bits per heavy atom. The van der Waals surface area contributed by atoms with Gasteiger partial charge < -0.3 is 46.0 Å². The predicted molar refractivity (Wildman–Crippen MR) is 256 cm³/mol. The van der Waals surface area contributed by atoms with Crippen molar-refractivity contribution >= 4 is 80.7 Å². The molecule has 2 aromatic carbocycles. The van der Waals surface area contributed by atoms with E-state index in [0.717, 1.165) is 35.1 Å². The molecule has 0 bridgehead atoms. The number of nitrogen functional groups attached to an aromatic ring is 2. The number of anilines is 2. The summed E-state index contributed by atoms with van der Waals surface area (Å²) in [4.78, 5) is 91.6. The third-order valence-corrected chi connectivity index (χ3v) is 10.8. The highest BCUT2D eigenvalue weighted by Gasteiger charge is 2.31. The summed E-state index contributed by atoms with van der Waals surface area (Å²) in [5.74, 6) is -1.32. The number of nitrogens with two attached hydrogens (primary N) is 2. The Balaban J connectivity index is 0.938. The lowest BCUT2D eigenvalue weighted by atomic mass is 10.0. The minimum Gasteiger partial charge on any atom is -0.480 e. The van der Waals surface area contributed by atoms with Crippen LogP contribution in [0.3, 0.4) is 0 Å². The molecule has 360 valence electrons. The second-order valence-electron chi connectivity index (χ2n) is 18.2. The lowest BCUT2D eigenvalue weighted by molar-refractivity contribution is -0.139. The molecule has 68 heavy (non-hydrogen) atoms. The van der Waals surface area contributed by atoms with Crippen molar-refractivity contribution < 1.29 is 38.5 Å². The standard InChI is InChI=1S/C47H58N12O9/c1-8-9-14-33-55-35-37(30-12-10-11-13-31(30)53-38(35)48)59(33)25-47(6,7)68-44(65)66-22-21-46(4,5)67-26-45(2,3)58-34(60)20-19-32(42(63)64)54-40(61)27-15-17-28(18-16-27)50-23-29-24-51-39-36(52-29)41(62)57-43(49)56-39/h10-13,15-18,23-24,32H,8-9,14,19-22,25-26H2,1-7H3,(H2,48,53)(H,54,61)(H,58,60)(H,63,64)(H3,49,51,56,57,62)/b50-23+. The van der Waals surface area contributed by atoms with Gasteiger partial charge in [-0.3, -0.25) is 24.4 Å². The summed E-state index contributed by atoms with van der Waals surface area (Å²) in [6, 6.07) is 12.4. The quantitative estimate of drug-likeness (QED) is 0.0381. The van der Waals surface area contributed by atoms with Crippen molar-refractivity contribution in [1.29, 1.82) is 0 Å². The number of rotatable bonds is 21. The second-order valence-corrected chi connectivity index (χ2v) is 18.2. The molecule has 4 aromatic heterocycles. The zero-order valence-corrected chi connectivity index (χ0v) is 39.2. The number of aromatic amines is 1. The number of fused-ring (bicyclic) bond motifs is 4. The van der Waals surface area contributed by atoms with Crippen molar-refractivity contribution in [2.24, 2.45) is 4.99 Å². The van der Waals surface area contributed by atoms with E-state index < -0.39 is 52.3 Å². The van der Waals surface area contributed by atoms with Crippen LogP contribution in [0.25, 0.3) is 33.1 Å². The van der Waals surface area contributed by atoms with Gasteiger partial charge in [0.25, 0.3) is 11.5 Å². The van der Waals surface area contributed by atoms with Crippen LogP contribution in [-0.4, -0.2) is 106 Å². The molecule has 0 aliphatic carbocycles. The fourth-order valence-electron chi connectivity index (χ4n) is 7.20. The molecule has 0 saturated carbocycles. The van der Waals surface area contributed by atoms with E-state index in [-0.39, 0.29) is 54.4 Å². The maximum atomic E-state index is 13.0. The summed E-state index contributed by atoms with van der Waals surface area (Å²) in [5, 5.41) is 16.1. The van der Waals surface area contributed by atoms with Crippen molar-refractivity contribution in [2.75, 3.05) is 24.7 Å². The molecule has 4 heterocycles. The van der Waals surface area contributed by atoms with E-state index in [1.165, 1.54) is 24.5 Å². The first kappa shape index (κ1) is 49.9. The number of nitrogens with zero attached hydrogens (tertiary/aromatic N) is 7. The topological polar surface area (TPSA) is 307 Å². The number of nitrogens with one attached hydrogen (secondary N) is 3. The number of H-pyrrole nitrogens is 1. The molecule has 6 rings (SSSR count). The lowest BCUT2D eigenvalue weighted by Crippen LogP contribution is -2.49. The van der Waals surface area contributed by atoms with Gasteiger partial charge in [-0.25, -0.2) is 29.5 Å². The summed E-state index contributed by atoms with van der Waals surface area (Å²) in [5.41, 5.74) is 11.9. The van der Waals surface area contributed by atoms with Crippen LogP contribution in [-0.2, 0) is 36.8 Å². The molecule has 21 nitrogen and oxygen atoms in total. The maximum absolute atomic E-state index is 13.0. The van der Waals surface area contributed by atoms with Crippen LogP contribution in [0.4, 0.5) is 22.2 Å². The highest BCUT2D eigenvalue weighted by atomic mass is 16.7. The Kier molecular flexibility index (Phi) is 15.4. The molecular formula is C47H58N12O9. The van der Waals surface area contributed by atoms with E-state index in [1.54, 1.807) is 26.0 Å². The van der Waals surface area contributed by atoms with E-state index in [2.05, 4.69) is 52.0 Å². The molecule has 6 aromatic rings. The number of aromatic nitrogens is 7. The number of unbranched alkanes of at least 4 members (excludes halogenated alkanes) is 1. The summed E-state index contributed by atoms with van der Waals surface area (Å²) in [6.45, 7) is 13.3. The molecule has 0 fully saturated rings. The van der Waals surface area contributed by atoms with Gasteiger partial charge in [0.2, 0.25) is 11.9 Å². The van der Waals surface area contributed by atoms with E-state index in [4.69, 9.17) is 30.7 Å². The van der Waals surface area contributed by atoms with Gasteiger partial charge in [0.05, 0.1) is 60.0 Å². The molecule has 1 atom stereocenters. The van der Waals surface area contributed by atoms with E-state index in [0.29, 0.717) is 36.4 Å². The number of hydrogen-bond acceptors (Lipinski definition) is 16. The number of ether oxygens (including phenoxy) is 3. The minimum atomic E-state index is -1.35. The number of imidazole rings is 1. The summed E-state index contributed by atoms with van der Waals surface area (Å²) in [6.07, 6.45) is 4.45. The van der Waals surface area contributed by atoms with Crippen molar-refractivity contribution in [3.05, 3.63) is 82.2 Å². The Hall–Kier alpha value is -7.55. The highest BCUT2D eigenvalue weighted by Crippen LogP contribution is 2.31. The molecular weight excluding hydrogens is 877 g/mol. The van der Waals surface area contributed by atoms with Crippen LogP contribution in [0, 0.1) is 0 Å². The molecule has 1 unspecified atom stereocenters. The fourth-order valence-corrected chi connectivity index (χ4v) is 7.20. The number of carboxylic acids is 1. The third kappa shape index (κ3) is 13.1. The van der Waals surface area contributed by atoms with Crippen LogP contribution in [0.1, 0.15) is 102 Å². The zero-order valence-electron chi connectivity index (χ0n) is 39.2. The maximum Gasteiger partial charge on any atom is 0.508 e. The number of para-hydroxylation sites is 1. The Morgan fingerprint density at radius 2 is 1.69 bits per heavy atom. The molecule has 8 N–H and O–H groups in total. The average Bonchev–Trinajstić information content (AvgIpc) is 3.63. The van der Waals surface area contributed by atoms with Gasteiger partial charge in [-0.05, 0) is 84.7 Å². The van der Waals surface area contributed by atoms with Crippen molar-refractivity contribution in [3.63, 3.8) is 0 Å². The monoisotopic (exact) mass is 934 g/mol. The highest BCUT2D eigenvalue weighted by molar-refractivity contribution is 6.06. The number of aryl methyl sites for hydroxylation is 1. The first-order valence-electron chi connectivity index (χ1n) is 22.2. The van der Waals surface area contributed by atoms with Gasteiger partial charge in [-0.15, -0.1) is 0 Å². The number of carbonyl (C=O) groups excluding carboxylic acids is 3. The molecule has 2 amide bonds. The third-order valence-electron chi connectivity index (χ3n) is 10.8. The van der Waals surface area contributed by atoms with Gasteiger partial charge in [-0.1, -0.05) is 31.5 Å². The van der Waals surface area contributed by atoms with Crippen LogP contribution in [0.15, 0.2) is 64.5 Å². The molecule has 0 aliphatic heterocycles. The smallest absolute Gasteiger partial charge is 0.480 e. The van der Waals surface area contributed by atoms with Crippen molar-refractivity contribution in [1.82, 2.24) is 45.1 Å². The number of hydrogen-bond donors (Lipinski definition) is 6. The molecule has 0 radical (unpaired) electrons. The number of aliphatic carboxylic acids is 1. The van der Waals surface area contributed by atoms with Crippen LogP contribution < -0.4 is 27.7 Å². The largest absolute Gasteiger partial charge is 0.508 e.